The van der Waals surface area contributed by atoms with Crippen LogP contribution in [0.1, 0.15) is 31.2 Å². The first-order valence-electron chi connectivity index (χ1n) is 6.84. The summed E-state index contributed by atoms with van der Waals surface area (Å²) in [7, 11) is 1.66. The van der Waals surface area contributed by atoms with Gasteiger partial charge >= 0.3 is 0 Å². The summed E-state index contributed by atoms with van der Waals surface area (Å²) in [4.78, 5) is 14.1. The molecule has 3 nitrogen and oxygen atoms in total. The molecule has 0 radical (unpaired) electrons. The summed E-state index contributed by atoms with van der Waals surface area (Å²) in [5.41, 5.74) is 1.16. The molecule has 4 heteroatoms. The largest absolute Gasteiger partial charge is 0.497 e. The van der Waals surface area contributed by atoms with Gasteiger partial charge in [-0.05, 0) is 30.5 Å². The second-order valence-electron chi connectivity index (χ2n) is 4.80. The number of benzene rings is 1. The number of ether oxygens (including phenoxy) is 1. The van der Waals surface area contributed by atoms with Crippen LogP contribution in [0.4, 0.5) is 4.79 Å². The van der Waals surface area contributed by atoms with Gasteiger partial charge in [-0.25, -0.2) is 0 Å². The second-order valence-corrected chi connectivity index (χ2v) is 5.73. The summed E-state index contributed by atoms with van der Waals surface area (Å²) < 4.78 is 5.12. The molecule has 0 N–H and O–H groups in total. The Labute approximate surface area is 119 Å². The van der Waals surface area contributed by atoms with E-state index in [0.29, 0.717) is 0 Å². The molecule has 1 aromatic carbocycles. The number of hydrogen-bond acceptors (Lipinski definition) is 3. The third kappa shape index (κ3) is 4.46. The smallest absolute Gasteiger partial charge is 0.281 e. The molecule has 2 rings (SSSR count). The topological polar surface area (TPSA) is 29.5 Å². The highest BCUT2D eigenvalue weighted by atomic mass is 32.2. The molecule has 0 aliphatic carbocycles. The van der Waals surface area contributed by atoms with E-state index >= 15 is 0 Å². The van der Waals surface area contributed by atoms with E-state index in [1.165, 1.54) is 24.6 Å². The van der Waals surface area contributed by atoms with Crippen molar-refractivity contribution in [2.75, 3.05) is 20.2 Å². The lowest BCUT2D eigenvalue weighted by molar-refractivity contribution is 0.225. The van der Waals surface area contributed by atoms with E-state index < -0.39 is 0 Å². The number of likely N-dealkylation sites (tertiary alicyclic amines) is 1. The maximum absolute atomic E-state index is 12.1. The molecule has 1 aromatic rings. The van der Waals surface area contributed by atoms with E-state index in [2.05, 4.69) is 0 Å². The predicted octanol–water partition coefficient (Wildman–Crippen LogP) is 3.92. The third-order valence-electron chi connectivity index (χ3n) is 3.39. The zero-order chi connectivity index (χ0) is 13.5. The molecular formula is C15H21NO2S. The fourth-order valence-electron chi connectivity index (χ4n) is 2.21. The Balaban J connectivity index is 1.81. The van der Waals surface area contributed by atoms with Crippen molar-refractivity contribution in [2.24, 2.45) is 0 Å². The quantitative estimate of drug-likeness (QED) is 0.839. The molecule has 1 amide bonds. The van der Waals surface area contributed by atoms with Crippen molar-refractivity contribution in [3.8, 4) is 5.75 Å². The van der Waals surface area contributed by atoms with Crippen molar-refractivity contribution in [1.29, 1.82) is 0 Å². The molecule has 0 spiro atoms. The van der Waals surface area contributed by atoms with Crippen LogP contribution in [0.3, 0.4) is 0 Å². The predicted molar refractivity (Wildman–Crippen MR) is 79.7 cm³/mol. The molecule has 0 unspecified atom stereocenters. The number of carbonyl (C=O) groups is 1. The van der Waals surface area contributed by atoms with Crippen LogP contribution < -0.4 is 4.74 Å². The van der Waals surface area contributed by atoms with E-state index in [1.807, 2.05) is 29.2 Å². The third-order valence-corrected chi connectivity index (χ3v) is 4.37. The first kappa shape index (κ1) is 14.3. The van der Waals surface area contributed by atoms with Gasteiger partial charge in [-0.15, -0.1) is 0 Å². The summed E-state index contributed by atoms with van der Waals surface area (Å²) in [5.74, 6) is 1.59. The van der Waals surface area contributed by atoms with Gasteiger partial charge in [0, 0.05) is 18.8 Å². The highest BCUT2D eigenvalue weighted by molar-refractivity contribution is 8.12. The van der Waals surface area contributed by atoms with Crippen LogP contribution in [0.2, 0.25) is 0 Å². The zero-order valence-electron chi connectivity index (χ0n) is 11.4. The Kier molecular flexibility index (Phi) is 5.58. The molecule has 0 atom stereocenters. The van der Waals surface area contributed by atoms with E-state index in [4.69, 9.17) is 4.74 Å². The Morgan fingerprint density at radius 1 is 1.16 bits per heavy atom. The number of methoxy groups -OCH3 is 1. The van der Waals surface area contributed by atoms with Gasteiger partial charge in [0.25, 0.3) is 5.24 Å². The Morgan fingerprint density at radius 3 is 2.37 bits per heavy atom. The van der Waals surface area contributed by atoms with Crippen LogP contribution >= 0.6 is 11.8 Å². The minimum absolute atomic E-state index is 0.220. The minimum atomic E-state index is 0.220. The average molecular weight is 279 g/mol. The van der Waals surface area contributed by atoms with Crippen LogP contribution in [0.15, 0.2) is 24.3 Å². The van der Waals surface area contributed by atoms with E-state index in [0.717, 1.165) is 43.0 Å². The van der Waals surface area contributed by atoms with Gasteiger partial charge in [-0.3, -0.25) is 4.79 Å². The van der Waals surface area contributed by atoms with Gasteiger partial charge in [0.05, 0.1) is 7.11 Å². The van der Waals surface area contributed by atoms with E-state index in [9.17, 15) is 4.79 Å². The maximum atomic E-state index is 12.1. The standard InChI is InChI=1S/C15H21NO2S/c1-18-14-8-6-13(7-9-14)12-19-15(17)16-10-4-2-3-5-11-16/h6-9H,2-5,10-12H2,1H3. The fourth-order valence-corrected chi connectivity index (χ4v) is 3.06. The molecule has 0 bridgehead atoms. The Hall–Kier alpha value is -1.16. The molecule has 1 heterocycles. The lowest BCUT2D eigenvalue weighted by atomic mass is 10.2. The zero-order valence-corrected chi connectivity index (χ0v) is 12.2. The Bertz CT molecular complexity index is 397. The van der Waals surface area contributed by atoms with Crippen molar-refractivity contribution >= 4 is 17.0 Å². The summed E-state index contributed by atoms with van der Waals surface area (Å²) in [5, 5.41) is 0.220. The van der Waals surface area contributed by atoms with Gasteiger partial charge in [-0.1, -0.05) is 36.7 Å². The summed E-state index contributed by atoms with van der Waals surface area (Å²) in [6.45, 7) is 1.85. The van der Waals surface area contributed by atoms with Crippen molar-refractivity contribution in [2.45, 2.75) is 31.4 Å². The number of thioether (sulfide) groups is 1. The molecular weight excluding hydrogens is 258 g/mol. The summed E-state index contributed by atoms with van der Waals surface area (Å²) >= 11 is 1.40. The monoisotopic (exact) mass is 279 g/mol. The molecule has 1 saturated heterocycles. The van der Waals surface area contributed by atoms with E-state index in [-0.39, 0.29) is 5.24 Å². The first-order chi connectivity index (χ1) is 9.29. The van der Waals surface area contributed by atoms with Crippen LogP contribution in [0, 0.1) is 0 Å². The average Bonchev–Trinajstić information content (AvgIpc) is 2.74. The molecule has 104 valence electrons. The molecule has 0 aromatic heterocycles. The number of carbonyl (C=O) groups excluding carboxylic acids is 1. The highest BCUT2D eigenvalue weighted by Gasteiger charge is 2.15. The molecule has 19 heavy (non-hydrogen) atoms. The van der Waals surface area contributed by atoms with Gasteiger partial charge in [0.15, 0.2) is 0 Å². The minimum Gasteiger partial charge on any atom is -0.497 e. The first-order valence-corrected chi connectivity index (χ1v) is 7.83. The molecule has 0 saturated carbocycles. The lowest BCUT2D eigenvalue weighted by Crippen LogP contribution is -2.28. The molecule has 1 aliphatic rings. The van der Waals surface area contributed by atoms with Gasteiger partial charge < -0.3 is 9.64 Å². The Morgan fingerprint density at radius 2 is 1.79 bits per heavy atom. The summed E-state index contributed by atoms with van der Waals surface area (Å²) in [6, 6.07) is 7.90. The number of nitrogens with zero attached hydrogens (tertiary/aromatic N) is 1. The molecule has 1 aliphatic heterocycles. The van der Waals surface area contributed by atoms with Crippen LogP contribution in [0.25, 0.3) is 0 Å². The van der Waals surface area contributed by atoms with Crippen molar-refractivity contribution in [3.05, 3.63) is 29.8 Å². The van der Waals surface area contributed by atoms with Crippen molar-refractivity contribution < 1.29 is 9.53 Å². The van der Waals surface area contributed by atoms with Crippen LogP contribution in [0.5, 0.6) is 5.75 Å². The fraction of sp³-hybridized carbons (Fsp3) is 0.533. The number of rotatable bonds is 3. The maximum Gasteiger partial charge on any atom is 0.281 e. The highest BCUT2D eigenvalue weighted by Crippen LogP contribution is 2.20. The van der Waals surface area contributed by atoms with Gasteiger partial charge in [0.2, 0.25) is 0 Å². The van der Waals surface area contributed by atoms with Crippen molar-refractivity contribution in [3.63, 3.8) is 0 Å². The summed E-state index contributed by atoms with van der Waals surface area (Å²) in [6.07, 6.45) is 4.81. The molecule has 1 fully saturated rings. The van der Waals surface area contributed by atoms with E-state index in [1.54, 1.807) is 7.11 Å². The van der Waals surface area contributed by atoms with Crippen LogP contribution in [-0.4, -0.2) is 30.3 Å². The SMILES string of the molecule is COc1ccc(CSC(=O)N2CCCCCC2)cc1. The van der Waals surface area contributed by atoms with Crippen LogP contribution in [-0.2, 0) is 5.75 Å². The van der Waals surface area contributed by atoms with Gasteiger partial charge in [-0.2, -0.15) is 0 Å². The van der Waals surface area contributed by atoms with Crippen molar-refractivity contribution in [1.82, 2.24) is 4.90 Å². The second kappa shape index (κ2) is 7.43. The number of amides is 1. The lowest BCUT2D eigenvalue weighted by Gasteiger charge is -2.19. The van der Waals surface area contributed by atoms with Gasteiger partial charge in [0.1, 0.15) is 5.75 Å². The number of hydrogen-bond donors (Lipinski definition) is 0. The normalized spacial score (nSPS) is 15.9.